The lowest BCUT2D eigenvalue weighted by Gasteiger charge is -2.26. The molecule has 4 rings (SSSR count). The lowest BCUT2D eigenvalue weighted by atomic mass is 10.1. The third-order valence-electron chi connectivity index (χ3n) is 5.27. The number of methoxy groups -OCH3 is 2. The average molecular weight is 439 g/mol. The highest BCUT2D eigenvalue weighted by atomic mass is 16.5. The van der Waals surface area contributed by atoms with Crippen molar-refractivity contribution in [1.82, 2.24) is 14.3 Å². The maximum absolute atomic E-state index is 12.3. The molecule has 3 aromatic rings. The van der Waals surface area contributed by atoms with E-state index in [2.05, 4.69) is 22.1 Å². The Bertz CT molecular complexity index is 1120. The van der Waals surface area contributed by atoms with Gasteiger partial charge in [-0.2, -0.15) is 0 Å². The quantitative estimate of drug-likeness (QED) is 0.518. The zero-order valence-corrected chi connectivity index (χ0v) is 18.1. The fourth-order valence-corrected chi connectivity index (χ4v) is 3.67. The summed E-state index contributed by atoms with van der Waals surface area (Å²) in [5.74, 6) is -1.09. The van der Waals surface area contributed by atoms with E-state index in [0.29, 0.717) is 5.69 Å². The van der Waals surface area contributed by atoms with Gasteiger partial charge >= 0.3 is 11.9 Å². The van der Waals surface area contributed by atoms with Crippen molar-refractivity contribution in [3.63, 3.8) is 0 Å². The zero-order chi connectivity index (χ0) is 22.5. The number of nitrogens with zero attached hydrogens (tertiary/aromatic N) is 3. The summed E-state index contributed by atoms with van der Waals surface area (Å²) in [6.45, 7) is 4.35. The van der Waals surface area contributed by atoms with Gasteiger partial charge in [-0.1, -0.05) is 12.1 Å². The summed E-state index contributed by atoms with van der Waals surface area (Å²) in [6.07, 6.45) is 3.94. The molecule has 0 atom stereocenters. The van der Waals surface area contributed by atoms with E-state index in [4.69, 9.17) is 18.9 Å². The minimum Gasteiger partial charge on any atom is -0.486 e. The lowest BCUT2D eigenvalue weighted by Crippen LogP contribution is -2.35. The Labute approximate surface area is 185 Å². The molecule has 32 heavy (non-hydrogen) atoms. The summed E-state index contributed by atoms with van der Waals surface area (Å²) < 4.78 is 22.8. The zero-order valence-electron chi connectivity index (χ0n) is 18.1. The fourth-order valence-electron chi connectivity index (χ4n) is 3.67. The third kappa shape index (κ3) is 4.74. The molecule has 3 heterocycles. The number of pyridine rings is 1. The van der Waals surface area contributed by atoms with Crippen LogP contribution in [-0.2, 0) is 27.4 Å². The number of benzene rings is 1. The number of ether oxygens (including phenoxy) is 4. The van der Waals surface area contributed by atoms with E-state index in [9.17, 15) is 9.59 Å². The molecular weight excluding hydrogens is 414 g/mol. The molecule has 0 unspecified atom stereocenters. The van der Waals surface area contributed by atoms with Crippen LogP contribution < -0.4 is 4.74 Å². The van der Waals surface area contributed by atoms with E-state index in [1.54, 1.807) is 12.1 Å². The van der Waals surface area contributed by atoms with Crippen LogP contribution in [0.1, 0.15) is 32.0 Å². The van der Waals surface area contributed by atoms with Crippen molar-refractivity contribution in [1.29, 1.82) is 0 Å². The molecule has 1 aliphatic heterocycles. The van der Waals surface area contributed by atoms with Gasteiger partial charge in [-0.15, -0.1) is 0 Å². The second-order valence-electron chi connectivity index (χ2n) is 7.37. The van der Waals surface area contributed by atoms with Gasteiger partial charge in [0, 0.05) is 32.0 Å². The van der Waals surface area contributed by atoms with E-state index in [1.165, 1.54) is 25.8 Å². The number of imidazole rings is 1. The van der Waals surface area contributed by atoms with Gasteiger partial charge in [0.15, 0.2) is 0 Å². The Kier molecular flexibility index (Phi) is 6.67. The van der Waals surface area contributed by atoms with Gasteiger partial charge in [0.2, 0.25) is 0 Å². The second kappa shape index (κ2) is 9.80. The van der Waals surface area contributed by atoms with E-state index in [0.717, 1.165) is 38.5 Å². The molecule has 1 aliphatic rings. The molecule has 0 radical (unpaired) electrons. The molecule has 0 amide bonds. The van der Waals surface area contributed by atoms with Gasteiger partial charge in [-0.25, -0.2) is 14.6 Å². The van der Waals surface area contributed by atoms with E-state index in [-0.39, 0.29) is 23.5 Å². The molecule has 1 aromatic carbocycles. The van der Waals surface area contributed by atoms with Gasteiger partial charge in [0.05, 0.1) is 38.7 Å². The van der Waals surface area contributed by atoms with Crippen LogP contribution in [0.15, 0.2) is 42.7 Å². The number of rotatable bonds is 7. The first-order valence-electron chi connectivity index (χ1n) is 10.3. The predicted octanol–water partition coefficient (Wildman–Crippen LogP) is 2.32. The largest absolute Gasteiger partial charge is 0.486 e. The minimum absolute atomic E-state index is 0.0263. The normalized spacial score (nSPS) is 14.3. The lowest BCUT2D eigenvalue weighted by molar-refractivity contribution is 0.0341. The number of morpholine rings is 1. The molecule has 0 N–H and O–H groups in total. The van der Waals surface area contributed by atoms with Crippen molar-refractivity contribution < 1.29 is 28.5 Å². The molecule has 2 aromatic heterocycles. The number of carbonyl (C=O) groups is 2. The van der Waals surface area contributed by atoms with Crippen molar-refractivity contribution in [2.24, 2.45) is 0 Å². The number of fused-ring (bicyclic) bond motifs is 1. The Morgan fingerprint density at radius 1 is 1.03 bits per heavy atom. The standard InChI is InChI=1S/C23H25N3O6/c1-29-22(27)18-4-3-5-19(21(18)23(28)30-2)32-15-17-14-26-13-16(6-7-20(26)24-17)12-25-8-10-31-11-9-25/h3-7,13-14H,8-12,15H2,1-2H3. The molecular formula is C23H25N3O6. The summed E-state index contributed by atoms with van der Waals surface area (Å²) in [6, 6.07) is 8.76. The summed E-state index contributed by atoms with van der Waals surface area (Å²) in [7, 11) is 2.50. The average Bonchev–Trinajstić information content (AvgIpc) is 3.24. The van der Waals surface area contributed by atoms with Crippen molar-refractivity contribution >= 4 is 17.6 Å². The molecule has 1 fully saturated rings. The highest BCUT2D eigenvalue weighted by Crippen LogP contribution is 2.25. The summed E-state index contributed by atoms with van der Waals surface area (Å²) in [4.78, 5) is 31.3. The predicted molar refractivity (Wildman–Crippen MR) is 115 cm³/mol. The Morgan fingerprint density at radius 2 is 1.81 bits per heavy atom. The Balaban J connectivity index is 1.51. The molecule has 0 saturated carbocycles. The summed E-state index contributed by atoms with van der Waals surface area (Å²) in [5, 5.41) is 0. The smallest absolute Gasteiger partial charge is 0.342 e. The molecule has 0 spiro atoms. The van der Waals surface area contributed by atoms with Crippen molar-refractivity contribution in [3.8, 4) is 5.75 Å². The molecule has 0 aliphatic carbocycles. The Hall–Kier alpha value is -3.43. The first kappa shape index (κ1) is 21.8. The number of carbonyl (C=O) groups excluding carboxylic acids is 2. The van der Waals surface area contributed by atoms with Crippen LogP contribution in [0.2, 0.25) is 0 Å². The molecule has 1 saturated heterocycles. The third-order valence-corrected chi connectivity index (χ3v) is 5.27. The van der Waals surface area contributed by atoms with Crippen molar-refractivity contribution in [3.05, 3.63) is 65.1 Å². The van der Waals surface area contributed by atoms with Gasteiger partial charge in [0.25, 0.3) is 0 Å². The van der Waals surface area contributed by atoms with E-state index < -0.39 is 11.9 Å². The van der Waals surface area contributed by atoms with Crippen LogP contribution >= 0.6 is 0 Å². The van der Waals surface area contributed by atoms with Gasteiger partial charge in [-0.3, -0.25) is 4.90 Å². The van der Waals surface area contributed by atoms with Crippen LogP contribution in [0.3, 0.4) is 0 Å². The maximum Gasteiger partial charge on any atom is 0.342 e. The van der Waals surface area contributed by atoms with Crippen molar-refractivity contribution in [2.45, 2.75) is 13.2 Å². The van der Waals surface area contributed by atoms with Gasteiger partial charge in [-0.05, 0) is 23.8 Å². The van der Waals surface area contributed by atoms with E-state index >= 15 is 0 Å². The highest BCUT2D eigenvalue weighted by molar-refractivity contribution is 6.05. The number of aromatic nitrogens is 2. The maximum atomic E-state index is 12.3. The van der Waals surface area contributed by atoms with E-state index in [1.807, 2.05) is 16.7 Å². The summed E-state index contributed by atoms with van der Waals surface area (Å²) >= 11 is 0. The number of hydrogen-bond acceptors (Lipinski definition) is 8. The number of hydrogen-bond donors (Lipinski definition) is 0. The van der Waals surface area contributed by atoms with Crippen LogP contribution in [0, 0.1) is 0 Å². The van der Waals surface area contributed by atoms with Gasteiger partial charge < -0.3 is 23.3 Å². The number of esters is 2. The first-order valence-corrected chi connectivity index (χ1v) is 10.3. The second-order valence-corrected chi connectivity index (χ2v) is 7.37. The molecule has 0 bridgehead atoms. The van der Waals surface area contributed by atoms with Crippen LogP contribution in [-0.4, -0.2) is 66.7 Å². The molecule has 168 valence electrons. The molecule has 9 heteroatoms. The molecule has 9 nitrogen and oxygen atoms in total. The minimum atomic E-state index is -0.677. The summed E-state index contributed by atoms with van der Waals surface area (Å²) in [5.41, 5.74) is 2.78. The Morgan fingerprint density at radius 3 is 2.56 bits per heavy atom. The SMILES string of the molecule is COC(=O)c1cccc(OCc2cn3cc(CN4CCOCC4)ccc3n2)c1C(=O)OC. The van der Waals surface area contributed by atoms with Crippen LogP contribution in [0.5, 0.6) is 5.75 Å². The first-order chi connectivity index (χ1) is 15.6. The topological polar surface area (TPSA) is 91.6 Å². The van der Waals surface area contributed by atoms with Crippen molar-refractivity contribution in [2.75, 3.05) is 40.5 Å². The highest BCUT2D eigenvalue weighted by Gasteiger charge is 2.23. The van der Waals surface area contributed by atoms with Crippen LogP contribution in [0.4, 0.5) is 0 Å². The van der Waals surface area contributed by atoms with Crippen LogP contribution in [0.25, 0.3) is 5.65 Å². The van der Waals surface area contributed by atoms with Gasteiger partial charge in [0.1, 0.15) is 23.6 Å². The monoisotopic (exact) mass is 439 g/mol. The fraction of sp³-hybridized carbons (Fsp3) is 0.348.